The van der Waals surface area contributed by atoms with Crippen molar-refractivity contribution in [2.75, 3.05) is 23.7 Å². The van der Waals surface area contributed by atoms with Crippen LogP contribution in [0.4, 0.5) is 5.82 Å². The summed E-state index contributed by atoms with van der Waals surface area (Å²) >= 11 is 3.22. The minimum atomic E-state index is 0.0519. The highest BCUT2D eigenvalue weighted by molar-refractivity contribution is 9.09. The van der Waals surface area contributed by atoms with E-state index in [1.807, 2.05) is 23.2 Å². The van der Waals surface area contributed by atoms with Gasteiger partial charge in [-0.2, -0.15) is 0 Å². The molecule has 2 aromatic heterocycles. The first-order chi connectivity index (χ1) is 12.2. The third-order valence-corrected chi connectivity index (χ3v) is 5.23. The van der Waals surface area contributed by atoms with Crippen LogP contribution in [0.3, 0.4) is 0 Å². The van der Waals surface area contributed by atoms with Crippen molar-refractivity contribution in [3.63, 3.8) is 0 Å². The first-order valence-electron chi connectivity index (χ1n) is 8.48. The zero-order valence-corrected chi connectivity index (χ0v) is 15.3. The van der Waals surface area contributed by atoms with E-state index in [9.17, 15) is 9.59 Å². The number of alkyl halides is 1. The summed E-state index contributed by atoms with van der Waals surface area (Å²) in [6.07, 6.45) is 6.67. The second kappa shape index (κ2) is 6.63. The minimum Gasteiger partial charge on any atom is -0.346 e. The number of H-pyrrole nitrogens is 1. The third-order valence-electron chi connectivity index (χ3n) is 4.75. The van der Waals surface area contributed by atoms with Gasteiger partial charge in [-0.15, -0.1) is 0 Å². The molecule has 0 unspecified atom stereocenters. The van der Waals surface area contributed by atoms with E-state index >= 15 is 0 Å². The maximum atomic E-state index is 12.1. The molecule has 0 radical (unpaired) electrons. The molecule has 2 aliphatic rings. The van der Waals surface area contributed by atoms with Crippen molar-refractivity contribution < 1.29 is 9.59 Å². The van der Waals surface area contributed by atoms with E-state index in [1.54, 1.807) is 0 Å². The second-order valence-electron chi connectivity index (χ2n) is 6.51. The van der Waals surface area contributed by atoms with Gasteiger partial charge in [0.05, 0.1) is 5.33 Å². The summed E-state index contributed by atoms with van der Waals surface area (Å²) in [4.78, 5) is 33.4. The molecule has 1 fully saturated rings. The van der Waals surface area contributed by atoms with Crippen molar-refractivity contribution >= 4 is 50.2 Å². The molecule has 1 aliphatic carbocycles. The monoisotopic (exact) mass is 402 g/mol. The molecule has 6 nitrogen and oxygen atoms in total. The maximum Gasteiger partial charge on any atom is 0.233 e. The number of nitrogens with zero attached hydrogens (tertiary/aromatic N) is 2. The van der Waals surface area contributed by atoms with Crippen LogP contribution in [-0.4, -0.2) is 45.1 Å². The van der Waals surface area contributed by atoms with Crippen LogP contribution in [0.1, 0.15) is 24.8 Å². The van der Waals surface area contributed by atoms with Crippen LogP contribution in [0.15, 0.2) is 24.4 Å². The fraction of sp³-hybridized carbons (Fsp3) is 0.389. The van der Waals surface area contributed by atoms with E-state index in [0.29, 0.717) is 24.2 Å². The minimum absolute atomic E-state index is 0.0519. The van der Waals surface area contributed by atoms with Gasteiger partial charge in [-0.25, -0.2) is 4.98 Å². The Hall–Kier alpha value is -2.15. The molecule has 1 aliphatic heterocycles. The van der Waals surface area contributed by atoms with Gasteiger partial charge in [-0.3, -0.25) is 9.59 Å². The van der Waals surface area contributed by atoms with E-state index in [2.05, 4.69) is 37.3 Å². The molecule has 0 spiro atoms. The summed E-state index contributed by atoms with van der Waals surface area (Å²) in [5.74, 6) is 0.884. The molecule has 1 saturated carbocycles. The molecule has 2 aromatic rings. The van der Waals surface area contributed by atoms with Crippen LogP contribution in [0, 0.1) is 5.92 Å². The largest absolute Gasteiger partial charge is 0.346 e. The standard InChI is InChI=1S/C18H19BrN4O2/c19-10-16(24)23-7-4-11(5-8-23)14-9-15(22-18(25)12-1-2-12)21-17-13(14)3-6-20-17/h3-4,6,9,12H,1-2,5,7-8,10H2,(H2,20,21,22,25). The van der Waals surface area contributed by atoms with Gasteiger partial charge in [0.25, 0.3) is 0 Å². The number of carbonyl (C=O) groups is 2. The number of hydrogen-bond acceptors (Lipinski definition) is 3. The SMILES string of the molecule is O=C(Nc1cc(C2=CCN(C(=O)CBr)CC2)c2cc[nH]c2n1)C1CC1. The number of halogens is 1. The molecule has 0 saturated heterocycles. The quantitative estimate of drug-likeness (QED) is 0.771. The second-order valence-corrected chi connectivity index (χ2v) is 7.07. The average molecular weight is 403 g/mol. The summed E-state index contributed by atoms with van der Waals surface area (Å²) in [6.45, 7) is 1.31. The van der Waals surface area contributed by atoms with Gasteiger partial charge in [0.15, 0.2) is 0 Å². The molecular formula is C18H19BrN4O2. The Morgan fingerprint density at radius 2 is 2.24 bits per heavy atom. The molecule has 25 heavy (non-hydrogen) atoms. The summed E-state index contributed by atoms with van der Waals surface area (Å²) in [5, 5.41) is 4.32. The van der Waals surface area contributed by atoms with Gasteiger partial charge < -0.3 is 15.2 Å². The lowest BCUT2D eigenvalue weighted by Crippen LogP contribution is -2.35. The van der Waals surface area contributed by atoms with Gasteiger partial charge in [0.1, 0.15) is 11.5 Å². The Kier molecular flexibility index (Phi) is 4.33. The average Bonchev–Trinajstić information content (AvgIpc) is 3.39. The van der Waals surface area contributed by atoms with Crippen molar-refractivity contribution in [2.45, 2.75) is 19.3 Å². The van der Waals surface area contributed by atoms with E-state index in [4.69, 9.17) is 0 Å². The Balaban J connectivity index is 1.64. The molecule has 2 N–H and O–H groups in total. The number of pyridine rings is 1. The summed E-state index contributed by atoms with van der Waals surface area (Å²) in [5.41, 5.74) is 3.03. The zero-order chi connectivity index (χ0) is 17.4. The first kappa shape index (κ1) is 16.3. The highest BCUT2D eigenvalue weighted by Crippen LogP contribution is 2.33. The number of fused-ring (bicyclic) bond motifs is 1. The summed E-state index contributed by atoms with van der Waals surface area (Å²) in [7, 11) is 0. The van der Waals surface area contributed by atoms with Crippen molar-refractivity contribution in [3.8, 4) is 0 Å². The van der Waals surface area contributed by atoms with E-state index in [0.717, 1.165) is 35.9 Å². The molecule has 7 heteroatoms. The topological polar surface area (TPSA) is 78.1 Å². The normalized spacial score (nSPS) is 17.5. The number of rotatable bonds is 4. The molecule has 2 amide bonds. The number of aromatic amines is 1. The van der Waals surface area contributed by atoms with Crippen LogP contribution in [-0.2, 0) is 9.59 Å². The fourth-order valence-corrected chi connectivity index (χ4v) is 3.52. The summed E-state index contributed by atoms with van der Waals surface area (Å²) in [6, 6.07) is 3.95. The lowest BCUT2D eigenvalue weighted by atomic mass is 9.97. The molecule has 4 rings (SSSR count). The number of amides is 2. The van der Waals surface area contributed by atoms with Gasteiger partial charge in [-0.05, 0) is 42.5 Å². The first-order valence-corrected chi connectivity index (χ1v) is 9.60. The Morgan fingerprint density at radius 3 is 2.92 bits per heavy atom. The van der Waals surface area contributed by atoms with Gasteiger partial charge in [0, 0.05) is 30.6 Å². The predicted octanol–water partition coefficient (Wildman–Crippen LogP) is 2.92. The molecule has 0 bridgehead atoms. The lowest BCUT2D eigenvalue weighted by Gasteiger charge is -2.26. The molecule has 3 heterocycles. The van der Waals surface area contributed by atoms with Gasteiger partial charge in [0.2, 0.25) is 11.8 Å². The number of carbonyl (C=O) groups excluding carboxylic acids is 2. The fourth-order valence-electron chi connectivity index (χ4n) is 3.17. The van der Waals surface area contributed by atoms with Crippen molar-refractivity contribution in [2.24, 2.45) is 5.92 Å². The van der Waals surface area contributed by atoms with Crippen molar-refractivity contribution in [1.82, 2.24) is 14.9 Å². The van der Waals surface area contributed by atoms with Crippen molar-refractivity contribution in [3.05, 3.63) is 30.0 Å². The Labute approximate surface area is 153 Å². The van der Waals surface area contributed by atoms with Crippen LogP contribution in [0.2, 0.25) is 0 Å². The number of aromatic nitrogens is 2. The maximum absolute atomic E-state index is 12.1. The Morgan fingerprint density at radius 1 is 1.40 bits per heavy atom. The molecular weight excluding hydrogens is 384 g/mol. The number of anilines is 1. The molecule has 130 valence electrons. The highest BCUT2D eigenvalue weighted by atomic mass is 79.9. The number of hydrogen-bond donors (Lipinski definition) is 2. The van der Waals surface area contributed by atoms with Crippen molar-refractivity contribution in [1.29, 1.82) is 0 Å². The van der Waals surface area contributed by atoms with Crippen LogP contribution in [0.25, 0.3) is 16.6 Å². The Bertz CT molecular complexity index is 869. The van der Waals surface area contributed by atoms with Crippen LogP contribution in [0.5, 0.6) is 0 Å². The van der Waals surface area contributed by atoms with E-state index in [-0.39, 0.29) is 17.7 Å². The lowest BCUT2D eigenvalue weighted by molar-refractivity contribution is -0.127. The summed E-state index contributed by atoms with van der Waals surface area (Å²) < 4.78 is 0. The zero-order valence-electron chi connectivity index (χ0n) is 13.7. The van der Waals surface area contributed by atoms with E-state index < -0.39 is 0 Å². The van der Waals surface area contributed by atoms with Crippen LogP contribution < -0.4 is 5.32 Å². The predicted molar refractivity (Wildman–Crippen MR) is 100 cm³/mol. The van der Waals surface area contributed by atoms with Gasteiger partial charge >= 0.3 is 0 Å². The third kappa shape index (κ3) is 3.33. The van der Waals surface area contributed by atoms with Crippen LogP contribution >= 0.6 is 15.9 Å². The molecule has 0 aromatic carbocycles. The molecule has 0 atom stereocenters. The number of nitrogens with one attached hydrogen (secondary N) is 2. The van der Waals surface area contributed by atoms with Gasteiger partial charge in [-0.1, -0.05) is 22.0 Å². The smallest absolute Gasteiger partial charge is 0.233 e. The highest BCUT2D eigenvalue weighted by Gasteiger charge is 2.30. The van der Waals surface area contributed by atoms with E-state index in [1.165, 1.54) is 5.57 Å².